The zero-order chi connectivity index (χ0) is 13.9. The second kappa shape index (κ2) is 6.58. The van der Waals surface area contributed by atoms with Crippen LogP contribution in [0.15, 0.2) is 0 Å². The van der Waals surface area contributed by atoms with Crippen LogP contribution in [-0.4, -0.2) is 24.3 Å². The van der Waals surface area contributed by atoms with Crippen molar-refractivity contribution in [3.8, 4) is 0 Å². The highest BCUT2D eigenvalue weighted by atomic mass is 16.5. The quantitative estimate of drug-likeness (QED) is 0.826. The molecular weight excluding hydrogens is 234 g/mol. The van der Waals surface area contributed by atoms with Crippen LogP contribution < -0.4 is 5.32 Å². The zero-order valence-corrected chi connectivity index (χ0v) is 13.4. The third-order valence-electron chi connectivity index (χ3n) is 5.43. The van der Waals surface area contributed by atoms with E-state index in [9.17, 15) is 0 Å². The van der Waals surface area contributed by atoms with Gasteiger partial charge in [0.25, 0.3) is 0 Å². The van der Waals surface area contributed by atoms with Crippen molar-refractivity contribution in [2.75, 3.05) is 6.61 Å². The molecular formula is C17H33NO. The van der Waals surface area contributed by atoms with Crippen molar-refractivity contribution >= 4 is 0 Å². The van der Waals surface area contributed by atoms with Gasteiger partial charge < -0.3 is 10.1 Å². The fourth-order valence-corrected chi connectivity index (χ4v) is 4.33. The van der Waals surface area contributed by atoms with Gasteiger partial charge in [-0.15, -0.1) is 0 Å². The van der Waals surface area contributed by atoms with Crippen molar-refractivity contribution in [2.24, 2.45) is 11.8 Å². The van der Waals surface area contributed by atoms with Crippen LogP contribution in [0.3, 0.4) is 0 Å². The summed E-state index contributed by atoms with van der Waals surface area (Å²) in [6.45, 7) is 10.3. The molecule has 112 valence electrons. The predicted molar refractivity (Wildman–Crippen MR) is 81.4 cm³/mol. The molecule has 0 amide bonds. The van der Waals surface area contributed by atoms with Gasteiger partial charge in [0.15, 0.2) is 0 Å². The van der Waals surface area contributed by atoms with Gasteiger partial charge in [-0.25, -0.2) is 0 Å². The average molecular weight is 267 g/mol. The Hall–Kier alpha value is -0.0800. The molecule has 2 nitrogen and oxygen atoms in total. The average Bonchev–Trinajstić information content (AvgIpc) is 2.37. The van der Waals surface area contributed by atoms with Gasteiger partial charge >= 0.3 is 0 Å². The summed E-state index contributed by atoms with van der Waals surface area (Å²) >= 11 is 0. The molecule has 2 fully saturated rings. The van der Waals surface area contributed by atoms with Gasteiger partial charge in [0, 0.05) is 18.7 Å². The first-order chi connectivity index (χ1) is 9.07. The molecule has 2 heteroatoms. The van der Waals surface area contributed by atoms with E-state index in [1.54, 1.807) is 0 Å². The minimum atomic E-state index is 0.155. The Bertz CT molecular complexity index is 264. The fourth-order valence-electron chi connectivity index (χ4n) is 4.33. The maximum absolute atomic E-state index is 6.09. The number of hydrogen-bond donors (Lipinski definition) is 1. The van der Waals surface area contributed by atoms with Crippen molar-refractivity contribution in [2.45, 2.75) is 90.3 Å². The Morgan fingerprint density at radius 1 is 1.00 bits per heavy atom. The minimum Gasteiger partial charge on any atom is -0.375 e. The molecule has 2 rings (SSSR count). The standard InChI is InChI=1S/C17H33NO/c1-5-17(6-2)12-15(7-8-19-17)18-16-10-13(3)9-14(4)11-16/h13-16,18H,5-12H2,1-4H3. The molecule has 0 aromatic heterocycles. The van der Waals surface area contributed by atoms with Gasteiger partial charge in [0.2, 0.25) is 0 Å². The zero-order valence-electron chi connectivity index (χ0n) is 13.4. The molecule has 2 aliphatic rings. The molecule has 0 aromatic carbocycles. The van der Waals surface area contributed by atoms with E-state index < -0.39 is 0 Å². The molecule has 1 saturated carbocycles. The van der Waals surface area contributed by atoms with Gasteiger partial charge in [-0.05, 0) is 56.8 Å². The summed E-state index contributed by atoms with van der Waals surface area (Å²) in [5, 5.41) is 3.96. The van der Waals surface area contributed by atoms with Crippen LogP contribution in [0.25, 0.3) is 0 Å². The van der Waals surface area contributed by atoms with E-state index in [1.807, 2.05) is 0 Å². The summed E-state index contributed by atoms with van der Waals surface area (Å²) in [5.74, 6) is 1.78. The van der Waals surface area contributed by atoms with Crippen LogP contribution in [0.2, 0.25) is 0 Å². The third kappa shape index (κ3) is 3.95. The first kappa shape index (κ1) is 15.3. The van der Waals surface area contributed by atoms with E-state index in [-0.39, 0.29) is 5.60 Å². The fraction of sp³-hybridized carbons (Fsp3) is 1.00. The molecule has 1 aliphatic heterocycles. The van der Waals surface area contributed by atoms with E-state index in [1.165, 1.54) is 32.1 Å². The Morgan fingerprint density at radius 3 is 2.21 bits per heavy atom. The first-order valence-electron chi connectivity index (χ1n) is 8.47. The van der Waals surface area contributed by atoms with Crippen molar-refractivity contribution in [3.63, 3.8) is 0 Å². The monoisotopic (exact) mass is 267 g/mol. The van der Waals surface area contributed by atoms with Gasteiger partial charge in [0.05, 0.1) is 5.60 Å². The highest BCUT2D eigenvalue weighted by molar-refractivity contribution is 4.91. The molecule has 0 radical (unpaired) electrons. The van der Waals surface area contributed by atoms with Crippen LogP contribution >= 0.6 is 0 Å². The second-order valence-electron chi connectivity index (χ2n) is 7.21. The molecule has 0 aromatic rings. The summed E-state index contributed by atoms with van der Waals surface area (Å²) in [6, 6.07) is 1.42. The molecule has 19 heavy (non-hydrogen) atoms. The van der Waals surface area contributed by atoms with E-state index in [4.69, 9.17) is 4.74 Å². The summed E-state index contributed by atoms with van der Waals surface area (Å²) in [4.78, 5) is 0. The largest absolute Gasteiger partial charge is 0.375 e. The summed E-state index contributed by atoms with van der Waals surface area (Å²) in [7, 11) is 0. The normalized spacial score (nSPS) is 39.2. The lowest BCUT2D eigenvalue weighted by atomic mass is 9.79. The lowest BCUT2D eigenvalue weighted by Crippen LogP contribution is -2.50. The predicted octanol–water partition coefficient (Wildman–Crippen LogP) is 4.14. The molecule has 0 spiro atoms. The van der Waals surface area contributed by atoms with E-state index in [0.29, 0.717) is 6.04 Å². The number of hydrogen-bond acceptors (Lipinski definition) is 2. The van der Waals surface area contributed by atoms with Crippen LogP contribution in [0.1, 0.15) is 72.6 Å². The third-order valence-corrected chi connectivity index (χ3v) is 5.43. The SMILES string of the molecule is CCC1(CC)CC(NC2CC(C)CC(C)C2)CCO1. The number of rotatable bonds is 4. The maximum atomic E-state index is 6.09. The molecule has 1 N–H and O–H groups in total. The summed E-state index contributed by atoms with van der Waals surface area (Å²) < 4.78 is 6.09. The Morgan fingerprint density at radius 2 is 1.63 bits per heavy atom. The number of nitrogens with one attached hydrogen (secondary N) is 1. The van der Waals surface area contributed by atoms with Crippen LogP contribution in [0.5, 0.6) is 0 Å². The minimum absolute atomic E-state index is 0.155. The Kier molecular flexibility index (Phi) is 5.30. The summed E-state index contributed by atoms with van der Waals surface area (Å²) in [6.07, 6.45) is 8.86. The van der Waals surface area contributed by atoms with Crippen LogP contribution in [0, 0.1) is 11.8 Å². The van der Waals surface area contributed by atoms with E-state index >= 15 is 0 Å². The van der Waals surface area contributed by atoms with Crippen molar-refractivity contribution in [3.05, 3.63) is 0 Å². The Labute approximate surface area is 119 Å². The maximum Gasteiger partial charge on any atom is 0.0692 e. The lowest BCUT2D eigenvalue weighted by Gasteiger charge is -2.43. The molecule has 0 bridgehead atoms. The highest BCUT2D eigenvalue weighted by Gasteiger charge is 2.36. The first-order valence-corrected chi connectivity index (χ1v) is 8.47. The van der Waals surface area contributed by atoms with Crippen LogP contribution in [0.4, 0.5) is 0 Å². The summed E-state index contributed by atoms with van der Waals surface area (Å²) in [5.41, 5.74) is 0.155. The highest BCUT2D eigenvalue weighted by Crippen LogP contribution is 2.33. The Balaban J connectivity index is 1.88. The van der Waals surface area contributed by atoms with Gasteiger partial charge in [0.1, 0.15) is 0 Å². The molecule has 1 saturated heterocycles. The van der Waals surface area contributed by atoms with Crippen LogP contribution in [-0.2, 0) is 4.74 Å². The van der Waals surface area contributed by atoms with Gasteiger partial charge in [-0.3, -0.25) is 0 Å². The van der Waals surface area contributed by atoms with E-state index in [0.717, 1.165) is 37.3 Å². The lowest BCUT2D eigenvalue weighted by molar-refractivity contribution is -0.0948. The number of ether oxygens (including phenoxy) is 1. The smallest absolute Gasteiger partial charge is 0.0692 e. The van der Waals surface area contributed by atoms with Crippen molar-refractivity contribution < 1.29 is 4.74 Å². The van der Waals surface area contributed by atoms with Gasteiger partial charge in [-0.1, -0.05) is 27.7 Å². The molecule has 3 atom stereocenters. The second-order valence-corrected chi connectivity index (χ2v) is 7.21. The van der Waals surface area contributed by atoms with Crippen molar-refractivity contribution in [1.29, 1.82) is 0 Å². The molecule has 1 aliphatic carbocycles. The topological polar surface area (TPSA) is 21.3 Å². The van der Waals surface area contributed by atoms with Crippen molar-refractivity contribution in [1.82, 2.24) is 5.32 Å². The molecule has 1 heterocycles. The van der Waals surface area contributed by atoms with E-state index in [2.05, 4.69) is 33.0 Å². The van der Waals surface area contributed by atoms with Gasteiger partial charge in [-0.2, -0.15) is 0 Å². The molecule has 3 unspecified atom stereocenters.